The Kier molecular flexibility index (Phi) is 5.35. The summed E-state index contributed by atoms with van der Waals surface area (Å²) in [5.41, 5.74) is 1.04. The first-order valence-corrected chi connectivity index (χ1v) is 8.51. The second-order valence-electron chi connectivity index (χ2n) is 4.74. The van der Waals surface area contributed by atoms with Crippen molar-refractivity contribution in [2.24, 2.45) is 7.05 Å². The lowest BCUT2D eigenvalue weighted by Gasteiger charge is -2.14. The van der Waals surface area contributed by atoms with E-state index in [1.165, 1.54) is 16.6 Å². The van der Waals surface area contributed by atoms with Crippen molar-refractivity contribution >= 4 is 29.0 Å². The molecule has 2 rings (SSSR count). The van der Waals surface area contributed by atoms with E-state index in [4.69, 9.17) is 0 Å². The monoisotopic (exact) mass is 325 g/mol. The lowest BCUT2D eigenvalue weighted by molar-refractivity contribution is -0.119. The minimum Gasteiger partial charge on any atom is -0.346 e. The van der Waals surface area contributed by atoms with Crippen molar-refractivity contribution in [2.75, 3.05) is 5.75 Å². The maximum atomic E-state index is 12.1. The van der Waals surface area contributed by atoms with Gasteiger partial charge in [0.15, 0.2) is 5.16 Å². The van der Waals surface area contributed by atoms with Gasteiger partial charge in [0.2, 0.25) is 5.91 Å². The van der Waals surface area contributed by atoms with Gasteiger partial charge < -0.3 is 9.88 Å². The summed E-state index contributed by atoms with van der Waals surface area (Å²) in [6.07, 6.45) is 2.45. The largest absolute Gasteiger partial charge is 0.346 e. The molecule has 0 unspecified atom stereocenters. The molecule has 1 atom stereocenters. The number of nitrogens with zero attached hydrogens (tertiary/aromatic N) is 4. The average Bonchev–Trinajstić information content (AvgIpc) is 3.00. The molecular weight excluding hydrogens is 306 g/mol. The van der Waals surface area contributed by atoms with Gasteiger partial charge in [-0.2, -0.15) is 0 Å². The Morgan fingerprint density at radius 3 is 2.81 bits per heavy atom. The Labute approximate surface area is 132 Å². The van der Waals surface area contributed by atoms with Crippen LogP contribution in [0.1, 0.15) is 35.0 Å². The van der Waals surface area contributed by atoms with Crippen LogP contribution in [0.4, 0.5) is 0 Å². The van der Waals surface area contributed by atoms with Crippen LogP contribution in [0, 0.1) is 13.8 Å². The zero-order valence-corrected chi connectivity index (χ0v) is 14.2. The van der Waals surface area contributed by atoms with Gasteiger partial charge in [-0.1, -0.05) is 18.7 Å². The number of aromatic nitrogens is 4. The predicted octanol–water partition coefficient (Wildman–Crippen LogP) is 2.25. The van der Waals surface area contributed by atoms with Crippen molar-refractivity contribution in [2.45, 2.75) is 38.4 Å². The normalized spacial score (nSPS) is 12.4. The molecule has 0 saturated carbocycles. The fourth-order valence-corrected chi connectivity index (χ4v) is 3.51. The van der Waals surface area contributed by atoms with E-state index in [2.05, 4.69) is 27.4 Å². The minimum atomic E-state index is -0.0185. The van der Waals surface area contributed by atoms with E-state index in [1.807, 2.05) is 20.9 Å². The van der Waals surface area contributed by atoms with Gasteiger partial charge in [0.1, 0.15) is 11.3 Å². The number of thiazole rings is 1. The van der Waals surface area contributed by atoms with Crippen LogP contribution in [0.5, 0.6) is 0 Å². The molecule has 6 nitrogen and oxygen atoms in total. The summed E-state index contributed by atoms with van der Waals surface area (Å²) in [5.74, 6) is 0.312. The van der Waals surface area contributed by atoms with Gasteiger partial charge in [-0.25, -0.2) is 4.98 Å². The fraction of sp³-hybridized carbons (Fsp3) is 0.538. The second kappa shape index (κ2) is 7.04. The van der Waals surface area contributed by atoms with E-state index in [1.54, 1.807) is 22.2 Å². The van der Waals surface area contributed by atoms with Gasteiger partial charge in [-0.3, -0.25) is 4.79 Å². The summed E-state index contributed by atoms with van der Waals surface area (Å²) in [7, 11) is 1.86. The van der Waals surface area contributed by atoms with Gasteiger partial charge in [0, 0.05) is 11.9 Å². The van der Waals surface area contributed by atoms with Crippen LogP contribution >= 0.6 is 23.1 Å². The quantitative estimate of drug-likeness (QED) is 0.825. The molecule has 0 bridgehead atoms. The Morgan fingerprint density at radius 2 is 2.29 bits per heavy atom. The molecule has 2 aromatic rings. The highest BCUT2D eigenvalue weighted by molar-refractivity contribution is 7.99. The van der Waals surface area contributed by atoms with Gasteiger partial charge in [-0.05, 0) is 20.3 Å². The number of amides is 1. The molecule has 0 fully saturated rings. The molecular formula is C13H19N5OS2. The zero-order chi connectivity index (χ0) is 15.4. The van der Waals surface area contributed by atoms with Crippen molar-refractivity contribution in [1.82, 2.24) is 25.1 Å². The summed E-state index contributed by atoms with van der Waals surface area (Å²) in [5, 5.41) is 12.5. The predicted molar refractivity (Wildman–Crippen MR) is 84.5 cm³/mol. The number of aryl methyl sites for hydroxylation is 3. The van der Waals surface area contributed by atoms with Crippen LogP contribution in [-0.2, 0) is 11.8 Å². The molecule has 0 aliphatic carbocycles. The van der Waals surface area contributed by atoms with E-state index >= 15 is 0 Å². The average molecular weight is 325 g/mol. The molecule has 21 heavy (non-hydrogen) atoms. The first-order valence-electron chi connectivity index (χ1n) is 6.71. The summed E-state index contributed by atoms with van der Waals surface area (Å²) in [6.45, 7) is 6.09. The van der Waals surface area contributed by atoms with Crippen molar-refractivity contribution in [3.05, 3.63) is 21.9 Å². The molecule has 0 aliphatic rings. The molecule has 114 valence electrons. The molecule has 0 aliphatic heterocycles. The number of carbonyl (C=O) groups is 1. The minimum absolute atomic E-state index is 0.0136. The van der Waals surface area contributed by atoms with Crippen LogP contribution < -0.4 is 5.32 Å². The Hall–Kier alpha value is -1.41. The SMILES string of the molecule is CC[C@H](NC(=O)CSc1nncn1C)c1nc(C)c(C)s1. The standard InChI is InChI=1S/C13H19N5OS2/c1-5-10(12-15-8(2)9(3)21-12)16-11(19)6-20-13-17-14-7-18(13)4/h7,10H,5-6H2,1-4H3,(H,16,19)/t10-/m0/s1. The molecule has 0 spiro atoms. The number of nitrogens with one attached hydrogen (secondary N) is 1. The van der Waals surface area contributed by atoms with Crippen LogP contribution in [0.2, 0.25) is 0 Å². The molecule has 8 heteroatoms. The Morgan fingerprint density at radius 1 is 1.52 bits per heavy atom. The smallest absolute Gasteiger partial charge is 0.231 e. The first kappa shape index (κ1) is 16.0. The highest BCUT2D eigenvalue weighted by Gasteiger charge is 2.17. The number of hydrogen-bond acceptors (Lipinski definition) is 6. The lowest BCUT2D eigenvalue weighted by atomic mass is 10.2. The number of rotatable bonds is 6. The second-order valence-corrected chi connectivity index (χ2v) is 6.91. The topological polar surface area (TPSA) is 72.7 Å². The number of carbonyl (C=O) groups excluding carboxylic acids is 1. The number of thioether (sulfide) groups is 1. The van der Waals surface area contributed by atoms with Crippen LogP contribution in [0.15, 0.2) is 11.5 Å². The van der Waals surface area contributed by atoms with Gasteiger partial charge in [0.05, 0.1) is 17.5 Å². The van der Waals surface area contributed by atoms with Gasteiger partial charge >= 0.3 is 0 Å². The fourth-order valence-electron chi connectivity index (χ4n) is 1.75. The maximum absolute atomic E-state index is 12.1. The third kappa shape index (κ3) is 4.04. The highest BCUT2D eigenvalue weighted by atomic mass is 32.2. The highest BCUT2D eigenvalue weighted by Crippen LogP contribution is 2.25. The van der Waals surface area contributed by atoms with E-state index < -0.39 is 0 Å². The van der Waals surface area contributed by atoms with E-state index in [0.29, 0.717) is 5.75 Å². The first-order chi connectivity index (χ1) is 10.0. The molecule has 2 aromatic heterocycles. The van der Waals surface area contributed by atoms with Crippen LogP contribution in [-0.4, -0.2) is 31.4 Å². The van der Waals surface area contributed by atoms with Crippen molar-refractivity contribution in [1.29, 1.82) is 0 Å². The summed E-state index contributed by atoms with van der Waals surface area (Å²) in [6, 6.07) is -0.0185. The van der Waals surface area contributed by atoms with E-state index in [9.17, 15) is 4.79 Å². The van der Waals surface area contributed by atoms with E-state index in [-0.39, 0.29) is 11.9 Å². The Bertz CT molecular complexity index is 602. The third-order valence-corrected chi connectivity index (χ3v) is 5.31. The van der Waals surface area contributed by atoms with Crippen molar-refractivity contribution < 1.29 is 4.79 Å². The zero-order valence-electron chi connectivity index (χ0n) is 12.6. The van der Waals surface area contributed by atoms with Crippen LogP contribution in [0.3, 0.4) is 0 Å². The van der Waals surface area contributed by atoms with Crippen molar-refractivity contribution in [3.8, 4) is 0 Å². The molecule has 0 radical (unpaired) electrons. The number of hydrogen-bond donors (Lipinski definition) is 1. The third-order valence-electron chi connectivity index (χ3n) is 3.09. The molecule has 0 aromatic carbocycles. The summed E-state index contributed by atoms with van der Waals surface area (Å²) >= 11 is 3.03. The summed E-state index contributed by atoms with van der Waals surface area (Å²) < 4.78 is 1.79. The summed E-state index contributed by atoms with van der Waals surface area (Å²) in [4.78, 5) is 17.8. The van der Waals surface area contributed by atoms with Crippen molar-refractivity contribution in [3.63, 3.8) is 0 Å². The molecule has 0 saturated heterocycles. The van der Waals surface area contributed by atoms with Crippen LogP contribution in [0.25, 0.3) is 0 Å². The van der Waals surface area contributed by atoms with Gasteiger partial charge in [-0.15, -0.1) is 21.5 Å². The van der Waals surface area contributed by atoms with E-state index in [0.717, 1.165) is 22.3 Å². The lowest BCUT2D eigenvalue weighted by Crippen LogP contribution is -2.29. The molecule has 2 heterocycles. The molecule has 1 N–H and O–H groups in total. The molecule has 1 amide bonds. The Balaban J connectivity index is 1.92. The van der Waals surface area contributed by atoms with Gasteiger partial charge in [0.25, 0.3) is 0 Å². The maximum Gasteiger partial charge on any atom is 0.231 e.